The van der Waals surface area contributed by atoms with Crippen LogP contribution in [-0.2, 0) is 9.31 Å². The Morgan fingerprint density at radius 1 is 1.20 bits per heavy atom. The van der Waals surface area contributed by atoms with Crippen LogP contribution in [0.1, 0.15) is 38.8 Å². The van der Waals surface area contributed by atoms with Crippen LogP contribution >= 0.6 is 11.6 Å². The van der Waals surface area contributed by atoms with E-state index in [1.165, 1.54) is 6.07 Å². The first-order valence-electron chi connectivity index (χ1n) is 6.56. The summed E-state index contributed by atoms with van der Waals surface area (Å²) in [5.74, 6) is -0.333. The zero-order valence-electron chi connectivity index (χ0n) is 12.5. The average molecular weight is 297 g/mol. The van der Waals surface area contributed by atoms with Crippen LogP contribution in [0.2, 0.25) is 5.02 Å². The molecule has 0 spiro atoms. The van der Waals surface area contributed by atoms with Gasteiger partial charge >= 0.3 is 7.12 Å². The second-order valence-electron chi connectivity index (χ2n) is 6.15. The Morgan fingerprint density at radius 2 is 1.70 bits per heavy atom. The smallest absolute Gasteiger partial charge is 0.399 e. The zero-order valence-corrected chi connectivity index (χ0v) is 13.3. The highest BCUT2D eigenvalue weighted by molar-refractivity contribution is 6.69. The van der Waals surface area contributed by atoms with Gasteiger partial charge in [-0.2, -0.15) is 0 Å². The molecule has 1 aliphatic rings. The van der Waals surface area contributed by atoms with Crippen LogP contribution < -0.4 is 0 Å². The van der Waals surface area contributed by atoms with Gasteiger partial charge in [-0.3, -0.25) is 0 Å². The predicted octanol–water partition coefficient (Wildman–Crippen LogP) is 4.43. The number of hydrogen-bond donors (Lipinski definition) is 0. The fourth-order valence-corrected chi connectivity index (χ4v) is 2.30. The maximum absolute atomic E-state index is 13.5. The first-order valence-corrected chi connectivity index (χ1v) is 6.94. The third-order valence-electron chi connectivity index (χ3n) is 4.20. The van der Waals surface area contributed by atoms with Gasteiger partial charge in [0.05, 0.1) is 16.2 Å². The molecule has 108 valence electrons. The Bertz CT molecular complexity index is 553. The second kappa shape index (κ2) is 4.87. The molecule has 5 heteroatoms. The fourth-order valence-electron chi connectivity index (χ4n) is 2.02. The quantitative estimate of drug-likeness (QED) is 0.752. The molecule has 20 heavy (non-hydrogen) atoms. The summed E-state index contributed by atoms with van der Waals surface area (Å²) in [7, 11) is -0.581. The van der Waals surface area contributed by atoms with Gasteiger partial charge in [0.2, 0.25) is 0 Å². The Labute approximate surface area is 125 Å². The van der Waals surface area contributed by atoms with Crippen molar-refractivity contribution in [1.82, 2.24) is 0 Å². The van der Waals surface area contributed by atoms with Gasteiger partial charge in [-0.05, 0) is 51.7 Å². The predicted molar refractivity (Wildman–Crippen MR) is 81.3 cm³/mol. The maximum Gasteiger partial charge on any atom is 0.494 e. The number of hydrogen-bond acceptors (Lipinski definition) is 2. The van der Waals surface area contributed by atoms with E-state index in [0.29, 0.717) is 21.6 Å². The highest BCUT2D eigenvalue weighted by Gasteiger charge is 2.52. The van der Waals surface area contributed by atoms with Crippen molar-refractivity contribution in [3.63, 3.8) is 0 Å². The molecule has 0 amide bonds. The van der Waals surface area contributed by atoms with E-state index in [9.17, 15) is 4.39 Å². The van der Waals surface area contributed by atoms with Gasteiger partial charge in [0.15, 0.2) is 0 Å². The molecule has 0 aromatic heterocycles. The summed E-state index contributed by atoms with van der Waals surface area (Å²) in [6, 6.07) is 2.99. The van der Waals surface area contributed by atoms with E-state index in [1.807, 2.05) is 27.7 Å². The molecule has 0 radical (unpaired) electrons. The van der Waals surface area contributed by atoms with Crippen molar-refractivity contribution < 1.29 is 13.7 Å². The van der Waals surface area contributed by atoms with Crippen LogP contribution in [0, 0.1) is 12.7 Å². The van der Waals surface area contributed by atoms with Crippen molar-refractivity contribution in [3.05, 3.63) is 40.7 Å². The summed E-state index contributed by atoms with van der Waals surface area (Å²) < 4.78 is 25.3. The first-order chi connectivity index (χ1) is 9.07. The van der Waals surface area contributed by atoms with Gasteiger partial charge in [0, 0.05) is 5.56 Å². The lowest BCUT2D eigenvalue weighted by atomic mass is 9.75. The Balaban J connectivity index is 2.33. The molecule has 0 atom stereocenters. The van der Waals surface area contributed by atoms with Crippen LogP contribution in [-0.4, -0.2) is 18.3 Å². The van der Waals surface area contributed by atoms with Crippen molar-refractivity contribution in [2.75, 3.05) is 0 Å². The van der Waals surface area contributed by atoms with E-state index in [-0.39, 0.29) is 5.82 Å². The molecule has 1 aliphatic heterocycles. The molecule has 0 saturated carbocycles. The molecule has 0 unspecified atom stereocenters. The average Bonchev–Trinajstić information content (AvgIpc) is 2.55. The summed E-state index contributed by atoms with van der Waals surface area (Å²) in [6.07, 6.45) is 0. The molecular weight excluding hydrogens is 277 g/mol. The number of halogens is 2. The van der Waals surface area contributed by atoms with E-state index in [2.05, 4.69) is 6.58 Å². The van der Waals surface area contributed by atoms with E-state index >= 15 is 0 Å². The van der Waals surface area contributed by atoms with E-state index in [4.69, 9.17) is 20.9 Å². The minimum absolute atomic E-state index is 0.333. The molecule has 2 nitrogen and oxygen atoms in total. The van der Waals surface area contributed by atoms with Crippen LogP contribution in [0.25, 0.3) is 5.47 Å². The summed E-state index contributed by atoms with van der Waals surface area (Å²) in [5.41, 5.74) is 0.785. The maximum atomic E-state index is 13.5. The minimum atomic E-state index is -0.581. The molecule has 1 fully saturated rings. The lowest BCUT2D eigenvalue weighted by Gasteiger charge is -2.32. The van der Waals surface area contributed by atoms with Crippen molar-refractivity contribution in [1.29, 1.82) is 0 Å². The van der Waals surface area contributed by atoms with Crippen molar-refractivity contribution in [2.45, 2.75) is 45.8 Å². The molecule has 1 aromatic rings. The highest BCUT2D eigenvalue weighted by atomic mass is 35.5. The summed E-state index contributed by atoms with van der Waals surface area (Å²) >= 11 is 6.20. The van der Waals surface area contributed by atoms with E-state index in [0.717, 1.165) is 0 Å². The standard InChI is InChI=1S/C15H19BClFO2/c1-9-12(18)8-7-11(13(9)17)10(2)16-19-14(3,4)15(5,6)20-16/h7-8H,2H2,1,3-6H3. The van der Waals surface area contributed by atoms with Crippen molar-refractivity contribution in [2.24, 2.45) is 0 Å². The van der Waals surface area contributed by atoms with Gasteiger partial charge in [-0.1, -0.05) is 24.2 Å². The summed E-state index contributed by atoms with van der Waals surface area (Å²) in [5, 5.41) is 0.352. The summed E-state index contributed by atoms with van der Waals surface area (Å²) in [6.45, 7) is 13.5. The molecule has 0 bridgehead atoms. The van der Waals surface area contributed by atoms with Crippen LogP contribution in [0.4, 0.5) is 4.39 Å². The van der Waals surface area contributed by atoms with E-state index in [1.54, 1.807) is 13.0 Å². The van der Waals surface area contributed by atoms with Gasteiger partial charge < -0.3 is 9.31 Å². The van der Waals surface area contributed by atoms with Crippen LogP contribution in [0.5, 0.6) is 0 Å². The molecule has 0 N–H and O–H groups in total. The molecule has 2 rings (SSSR count). The second-order valence-corrected chi connectivity index (χ2v) is 6.53. The topological polar surface area (TPSA) is 18.5 Å². The third kappa shape index (κ3) is 2.41. The molecule has 1 aromatic carbocycles. The lowest BCUT2D eigenvalue weighted by molar-refractivity contribution is 0.00578. The lowest BCUT2D eigenvalue weighted by Crippen LogP contribution is -2.41. The normalized spacial score (nSPS) is 20.2. The van der Waals surface area contributed by atoms with Gasteiger partial charge in [-0.25, -0.2) is 4.39 Å². The Morgan fingerprint density at radius 3 is 2.20 bits per heavy atom. The van der Waals surface area contributed by atoms with Crippen LogP contribution in [0.3, 0.4) is 0 Å². The Hall–Kier alpha value is -0.835. The highest BCUT2D eigenvalue weighted by Crippen LogP contribution is 2.41. The summed E-state index contributed by atoms with van der Waals surface area (Å²) in [4.78, 5) is 0. The van der Waals surface area contributed by atoms with Gasteiger partial charge in [0.1, 0.15) is 5.82 Å². The van der Waals surface area contributed by atoms with Gasteiger partial charge in [0.25, 0.3) is 0 Å². The molecule has 0 aliphatic carbocycles. The minimum Gasteiger partial charge on any atom is -0.399 e. The Kier molecular flexibility index (Phi) is 3.78. The largest absolute Gasteiger partial charge is 0.494 e. The number of rotatable bonds is 2. The first kappa shape index (κ1) is 15.6. The van der Waals surface area contributed by atoms with E-state index < -0.39 is 18.3 Å². The van der Waals surface area contributed by atoms with Crippen molar-refractivity contribution >= 4 is 24.2 Å². The molecular formula is C15H19BClFO2. The SMILES string of the molecule is C=C(B1OC(C)(C)C(C)(C)O1)c1ccc(F)c(C)c1Cl. The zero-order chi connectivity index (χ0) is 15.3. The monoisotopic (exact) mass is 296 g/mol. The third-order valence-corrected chi connectivity index (χ3v) is 4.69. The van der Waals surface area contributed by atoms with Gasteiger partial charge in [-0.15, -0.1) is 0 Å². The molecule has 1 heterocycles. The van der Waals surface area contributed by atoms with Crippen molar-refractivity contribution in [3.8, 4) is 0 Å². The molecule has 1 saturated heterocycles. The number of benzene rings is 1. The fraction of sp³-hybridized carbons (Fsp3) is 0.467. The van der Waals surface area contributed by atoms with Crippen LogP contribution in [0.15, 0.2) is 18.7 Å².